The van der Waals surface area contributed by atoms with Gasteiger partial charge >= 0.3 is 0 Å². The van der Waals surface area contributed by atoms with Crippen LogP contribution in [-0.4, -0.2) is 63.3 Å². The normalized spacial score (nSPS) is 16.4. The van der Waals surface area contributed by atoms with Crippen LogP contribution in [0.25, 0.3) is 0 Å². The number of hydrogen-bond acceptors (Lipinski definition) is 5. The lowest BCUT2D eigenvalue weighted by molar-refractivity contribution is -0.126. The van der Waals surface area contributed by atoms with Gasteiger partial charge in [-0.2, -0.15) is 9.57 Å². The third kappa shape index (κ3) is 6.16. The van der Waals surface area contributed by atoms with Crippen LogP contribution in [0.15, 0.2) is 59.5 Å². The molecule has 2 aromatic carbocycles. The first-order chi connectivity index (χ1) is 15.3. The highest BCUT2D eigenvalue weighted by Crippen LogP contribution is 2.24. The Balaban J connectivity index is 1.59. The molecule has 1 amide bonds. The number of sulfonamides is 1. The monoisotopic (exact) mass is 454 g/mol. The van der Waals surface area contributed by atoms with Crippen molar-refractivity contribution in [2.24, 2.45) is 5.92 Å². The first kappa shape index (κ1) is 23.9. The third-order valence-corrected chi connectivity index (χ3v) is 7.62. The Kier molecular flexibility index (Phi) is 8.02. The first-order valence-corrected chi connectivity index (χ1v) is 12.2. The molecule has 0 radical (unpaired) electrons. The third-order valence-electron chi connectivity index (χ3n) is 5.70. The van der Waals surface area contributed by atoms with E-state index < -0.39 is 10.0 Å². The highest BCUT2D eigenvalue weighted by atomic mass is 32.2. The number of likely N-dealkylation sites (N-methyl/N-ethyl adjacent to an activating group) is 1. The summed E-state index contributed by atoms with van der Waals surface area (Å²) in [4.78, 5) is 15.2. The second-order valence-electron chi connectivity index (χ2n) is 8.47. The molecular weight excluding hydrogens is 424 g/mol. The quantitative estimate of drug-likeness (QED) is 0.660. The summed E-state index contributed by atoms with van der Waals surface area (Å²) in [5.74, 6) is -0.217. The summed E-state index contributed by atoms with van der Waals surface area (Å²) in [6, 6.07) is 18.0. The number of hydrogen-bond donors (Lipinski definition) is 1. The number of amides is 1. The van der Waals surface area contributed by atoms with Crippen LogP contribution in [0.1, 0.15) is 24.0 Å². The molecule has 1 unspecified atom stereocenters. The zero-order valence-electron chi connectivity index (χ0n) is 18.6. The van der Waals surface area contributed by atoms with Gasteiger partial charge in [-0.3, -0.25) is 4.79 Å². The van der Waals surface area contributed by atoms with Crippen LogP contribution in [0, 0.1) is 17.2 Å². The van der Waals surface area contributed by atoms with Crippen molar-refractivity contribution in [3.63, 3.8) is 0 Å². The Bertz CT molecular complexity index is 1040. The van der Waals surface area contributed by atoms with Gasteiger partial charge in [0.25, 0.3) is 0 Å². The number of carbonyl (C=O) groups excluding carboxylic acids is 1. The van der Waals surface area contributed by atoms with E-state index in [-0.39, 0.29) is 22.8 Å². The maximum atomic E-state index is 12.9. The van der Waals surface area contributed by atoms with Crippen LogP contribution >= 0.6 is 0 Å². The van der Waals surface area contributed by atoms with Gasteiger partial charge in [0.15, 0.2) is 0 Å². The van der Waals surface area contributed by atoms with Crippen LogP contribution in [0.3, 0.4) is 0 Å². The Morgan fingerprint density at radius 1 is 1.12 bits per heavy atom. The molecule has 1 atom stereocenters. The smallest absolute Gasteiger partial charge is 0.243 e. The largest absolute Gasteiger partial charge is 0.352 e. The highest BCUT2D eigenvalue weighted by Gasteiger charge is 2.32. The number of carbonyl (C=O) groups is 1. The molecule has 8 heteroatoms. The first-order valence-electron chi connectivity index (χ1n) is 10.8. The van der Waals surface area contributed by atoms with Crippen LogP contribution in [0.4, 0.5) is 0 Å². The van der Waals surface area contributed by atoms with E-state index in [1.54, 1.807) is 0 Å². The molecule has 7 nitrogen and oxygen atoms in total. The maximum absolute atomic E-state index is 12.9. The predicted octanol–water partition coefficient (Wildman–Crippen LogP) is 2.25. The van der Waals surface area contributed by atoms with Gasteiger partial charge in [0.05, 0.1) is 16.5 Å². The van der Waals surface area contributed by atoms with Gasteiger partial charge in [-0.1, -0.05) is 30.3 Å². The van der Waals surface area contributed by atoms with Gasteiger partial charge in [-0.15, -0.1) is 0 Å². The van der Waals surface area contributed by atoms with E-state index >= 15 is 0 Å². The van der Waals surface area contributed by atoms with Gasteiger partial charge in [0.2, 0.25) is 15.9 Å². The lowest BCUT2D eigenvalue weighted by Gasteiger charge is -2.32. The Morgan fingerprint density at radius 2 is 1.75 bits per heavy atom. The van der Waals surface area contributed by atoms with E-state index in [2.05, 4.69) is 22.3 Å². The number of piperidine rings is 1. The van der Waals surface area contributed by atoms with Crippen molar-refractivity contribution in [1.82, 2.24) is 14.5 Å². The molecule has 170 valence electrons. The van der Waals surface area contributed by atoms with E-state index in [0.717, 1.165) is 13.0 Å². The molecule has 0 aromatic heterocycles. The van der Waals surface area contributed by atoms with Crippen molar-refractivity contribution in [2.45, 2.75) is 30.2 Å². The maximum Gasteiger partial charge on any atom is 0.243 e. The van der Waals surface area contributed by atoms with Gasteiger partial charge < -0.3 is 10.2 Å². The minimum Gasteiger partial charge on any atom is -0.352 e. The Morgan fingerprint density at radius 3 is 2.31 bits per heavy atom. The van der Waals surface area contributed by atoms with Crippen LogP contribution < -0.4 is 5.32 Å². The Hall–Kier alpha value is -2.73. The summed E-state index contributed by atoms with van der Waals surface area (Å²) < 4.78 is 27.2. The van der Waals surface area contributed by atoms with Gasteiger partial charge in [-0.05, 0) is 63.2 Å². The van der Waals surface area contributed by atoms with Crippen molar-refractivity contribution in [1.29, 1.82) is 5.26 Å². The molecule has 1 fully saturated rings. The minimum atomic E-state index is -3.63. The van der Waals surface area contributed by atoms with Crippen molar-refractivity contribution in [2.75, 3.05) is 33.7 Å². The second-order valence-corrected chi connectivity index (χ2v) is 10.4. The predicted molar refractivity (Wildman–Crippen MR) is 123 cm³/mol. The van der Waals surface area contributed by atoms with E-state index in [4.69, 9.17) is 5.26 Å². The number of nitrogens with zero attached hydrogens (tertiary/aromatic N) is 3. The average Bonchev–Trinajstić information content (AvgIpc) is 2.79. The lowest BCUT2D eigenvalue weighted by atomic mass is 9.96. The molecule has 1 heterocycles. The number of nitriles is 1. The molecule has 0 bridgehead atoms. The van der Waals surface area contributed by atoms with E-state index in [1.165, 1.54) is 34.1 Å². The fraction of sp³-hybridized carbons (Fsp3) is 0.417. The van der Waals surface area contributed by atoms with Gasteiger partial charge in [-0.25, -0.2) is 8.42 Å². The molecule has 1 aliphatic heterocycles. The molecule has 0 saturated carbocycles. The van der Waals surface area contributed by atoms with Gasteiger partial charge in [0, 0.05) is 31.6 Å². The standard InChI is InChI=1S/C24H30N4O3S/c1-27(2)18-22(16-19-6-4-3-5-7-19)26-24(29)21-12-14-28(15-13-21)32(30,31)23-10-8-20(17-25)9-11-23/h3-11,21-22H,12-16,18H2,1-2H3,(H,26,29). The fourth-order valence-corrected chi connectivity index (χ4v) is 5.50. The van der Waals surface area contributed by atoms with Crippen LogP contribution in [0.2, 0.25) is 0 Å². The van der Waals surface area contributed by atoms with Crippen molar-refractivity contribution >= 4 is 15.9 Å². The molecule has 0 spiro atoms. The summed E-state index contributed by atoms with van der Waals surface area (Å²) in [6.07, 6.45) is 1.72. The summed E-state index contributed by atoms with van der Waals surface area (Å²) in [5, 5.41) is 12.1. The minimum absolute atomic E-state index is 0.0109. The Labute approximate surface area is 190 Å². The average molecular weight is 455 g/mol. The molecule has 32 heavy (non-hydrogen) atoms. The molecule has 1 aliphatic rings. The van der Waals surface area contributed by atoms with Crippen LogP contribution in [0.5, 0.6) is 0 Å². The van der Waals surface area contributed by atoms with E-state index in [9.17, 15) is 13.2 Å². The fourth-order valence-electron chi connectivity index (χ4n) is 4.03. The number of rotatable bonds is 8. The van der Waals surface area contributed by atoms with E-state index in [0.29, 0.717) is 31.5 Å². The molecule has 1 saturated heterocycles. The van der Waals surface area contributed by atoms with Gasteiger partial charge in [0.1, 0.15) is 0 Å². The van der Waals surface area contributed by atoms with E-state index in [1.807, 2.05) is 38.4 Å². The molecule has 2 aromatic rings. The number of nitrogens with one attached hydrogen (secondary N) is 1. The second kappa shape index (κ2) is 10.7. The van der Waals surface area contributed by atoms with Crippen molar-refractivity contribution in [3.05, 3.63) is 65.7 Å². The highest BCUT2D eigenvalue weighted by molar-refractivity contribution is 7.89. The zero-order valence-corrected chi connectivity index (χ0v) is 19.4. The van der Waals surface area contributed by atoms with Crippen molar-refractivity contribution in [3.8, 4) is 6.07 Å². The summed E-state index contributed by atoms with van der Waals surface area (Å²) >= 11 is 0. The SMILES string of the molecule is CN(C)CC(Cc1ccccc1)NC(=O)C1CCN(S(=O)(=O)c2ccc(C#N)cc2)CC1. The molecule has 0 aliphatic carbocycles. The lowest BCUT2D eigenvalue weighted by Crippen LogP contribution is -2.48. The van der Waals surface area contributed by atoms with Crippen LogP contribution in [-0.2, 0) is 21.2 Å². The van der Waals surface area contributed by atoms with Crippen molar-refractivity contribution < 1.29 is 13.2 Å². The molecule has 1 N–H and O–H groups in total. The number of benzene rings is 2. The summed E-state index contributed by atoms with van der Waals surface area (Å²) in [5.41, 5.74) is 1.59. The zero-order chi connectivity index (χ0) is 23.1. The summed E-state index contributed by atoms with van der Waals surface area (Å²) in [6.45, 7) is 1.33. The topological polar surface area (TPSA) is 93.5 Å². The summed E-state index contributed by atoms with van der Waals surface area (Å²) in [7, 11) is 0.335. The molecule has 3 rings (SSSR count). The molecular formula is C24H30N4O3S.